The fourth-order valence-electron chi connectivity index (χ4n) is 5.49. The van der Waals surface area contributed by atoms with Gasteiger partial charge in [-0.15, -0.1) is 0 Å². The minimum Gasteiger partial charge on any atom is -0.394 e. The van der Waals surface area contributed by atoms with E-state index in [1.165, 1.54) is 24.3 Å². The predicted octanol–water partition coefficient (Wildman–Crippen LogP) is -3.61. The van der Waals surface area contributed by atoms with Gasteiger partial charge in [0.05, 0.1) is 13.0 Å². The summed E-state index contributed by atoms with van der Waals surface area (Å²) in [4.78, 5) is 96.2. The molecule has 1 heterocycles. The van der Waals surface area contributed by atoms with Crippen molar-refractivity contribution in [3.63, 3.8) is 0 Å². The normalized spacial score (nSPS) is 21.6. The highest BCUT2D eigenvalue weighted by atomic mass is 19.1. The van der Waals surface area contributed by atoms with Gasteiger partial charge >= 0.3 is 0 Å². The first-order valence-corrected chi connectivity index (χ1v) is 17.7. The van der Waals surface area contributed by atoms with Crippen LogP contribution < -0.4 is 54.8 Å². The van der Waals surface area contributed by atoms with E-state index >= 15 is 0 Å². The smallest absolute Gasteiger partial charge is 0.243 e. The van der Waals surface area contributed by atoms with Gasteiger partial charge in [-0.2, -0.15) is 0 Å². The van der Waals surface area contributed by atoms with E-state index in [9.17, 15) is 43.1 Å². The van der Waals surface area contributed by atoms with Crippen LogP contribution >= 0.6 is 0 Å². The molecule has 0 bridgehead atoms. The zero-order valence-corrected chi connectivity index (χ0v) is 30.6. The largest absolute Gasteiger partial charge is 0.394 e. The van der Waals surface area contributed by atoms with Crippen LogP contribution in [0.1, 0.15) is 64.4 Å². The molecule has 0 spiro atoms. The van der Waals surface area contributed by atoms with Crippen LogP contribution in [0.4, 0.5) is 4.39 Å². The van der Waals surface area contributed by atoms with E-state index in [2.05, 4.69) is 36.9 Å². The van der Waals surface area contributed by atoms with Crippen LogP contribution in [-0.2, 0) is 40.0 Å². The van der Waals surface area contributed by atoms with Crippen molar-refractivity contribution in [1.29, 1.82) is 0 Å². The molecular formula is C34H54FN11O8. The number of carbonyl (C=O) groups excluding carboxylic acids is 7. The molecule has 1 aliphatic heterocycles. The molecule has 1 aromatic carbocycles. The van der Waals surface area contributed by atoms with E-state index in [1.807, 2.05) is 0 Å². The molecule has 300 valence electrons. The minimum atomic E-state index is -1.40. The number of nitrogens with two attached hydrogens (primary N) is 4. The Labute approximate surface area is 312 Å². The number of aliphatic imine (C=N–C) groups is 1. The number of primary amides is 1. The number of guanidine groups is 1. The number of hydrogen-bond donors (Lipinski definition) is 11. The lowest BCUT2D eigenvalue weighted by atomic mass is 10.00. The molecule has 7 amide bonds. The quantitative estimate of drug-likeness (QED) is 0.0499. The average Bonchev–Trinajstić information content (AvgIpc) is 3.09. The Hall–Kier alpha value is -5.37. The maximum absolute atomic E-state index is 14.0. The summed E-state index contributed by atoms with van der Waals surface area (Å²) in [5.74, 6) is -6.53. The molecule has 1 aromatic rings. The average molecular weight is 764 g/mol. The Morgan fingerprint density at radius 1 is 0.981 bits per heavy atom. The predicted molar refractivity (Wildman–Crippen MR) is 195 cm³/mol. The third-order valence-corrected chi connectivity index (χ3v) is 8.34. The van der Waals surface area contributed by atoms with Gasteiger partial charge in [0.25, 0.3) is 0 Å². The van der Waals surface area contributed by atoms with Crippen LogP contribution in [0.3, 0.4) is 0 Å². The number of hydrogen-bond acceptors (Lipinski definition) is 10. The topological polar surface area (TPSA) is 328 Å². The van der Waals surface area contributed by atoms with Gasteiger partial charge in [0.2, 0.25) is 41.4 Å². The number of carbonyl (C=O) groups is 7. The zero-order chi connectivity index (χ0) is 40.4. The molecule has 1 aliphatic rings. The first kappa shape index (κ1) is 44.8. The number of aliphatic hydroxyl groups excluding tert-OH is 1. The fourth-order valence-corrected chi connectivity index (χ4v) is 5.49. The molecule has 6 atom stereocenters. The second-order valence-electron chi connectivity index (χ2n) is 13.5. The number of nitrogens with one attached hydrogen (secondary N) is 6. The molecule has 19 nitrogen and oxygen atoms in total. The summed E-state index contributed by atoms with van der Waals surface area (Å²) < 4.78 is 14.0. The molecule has 1 fully saturated rings. The van der Waals surface area contributed by atoms with E-state index < -0.39 is 96.4 Å². The van der Waals surface area contributed by atoms with Crippen molar-refractivity contribution >= 4 is 47.3 Å². The lowest BCUT2D eigenvalue weighted by molar-refractivity contribution is -0.135. The summed E-state index contributed by atoms with van der Waals surface area (Å²) >= 11 is 0. The highest BCUT2D eigenvalue weighted by molar-refractivity contribution is 5.97. The summed E-state index contributed by atoms with van der Waals surface area (Å²) in [6, 6.07) is -2.56. The minimum absolute atomic E-state index is 0.00851. The molecule has 0 unspecified atom stereocenters. The SMILES string of the molecule is CC(C)C[C@@H]1NC(=O)[C@@H](NC(=O)[C@H](Cc2cccc(F)c2)NC(=O)[C@@H](N)CO)CCCCNC(=O)C[C@@H](C(N)=O)NC(=O)[C@H](CCCN=C(N)N)NC1=O. The van der Waals surface area contributed by atoms with Gasteiger partial charge in [0.15, 0.2) is 5.96 Å². The van der Waals surface area contributed by atoms with E-state index in [1.54, 1.807) is 13.8 Å². The lowest BCUT2D eigenvalue weighted by Crippen LogP contribution is -2.60. The van der Waals surface area contributed by atoms with Crippen LogP contribution in [0.25, 0.3) is 0 Å². The molecule has 0 aromatic heterocycles. The zero-order valence-electron chi connectivity index (χ0n) is 30.6. The van der Waals surface area contributed by atoms with E-state index in [-0.39, 0.29) is 63.5 Å². The Balaban J connectivity index is 2.46. The van der Waals surface area contributed by atoms with Crippen LogP contribution in [0, 0.1) is 11.7 Å². The lowest BCUT2D eigenvalue weighted by Gasteiger charge is -2.28. The Kier molecular flexibility index (Phi) is 18.8. The van der Waals surface area contributed by atoms with Crippen LogP contribution in [0.2, 0.25) is 0 Å². The van der Waals surface area contributed by atoms with Crippen molar-refractivity contribution in [2.24, 2.45) is 33.8 Å². The van der Waals surface area contributed by atoms with Crippen LogP contribution in [-0.4, -0.2) is 108 Å². The van der Waals surface area contributed by atoms with Gasteiger partial charge in [-0.25, -0.2) is 4.39 Å². The Morgan fingerprint density at radius 3 is 2.30 bits per heavy atom. The van der Waals surface area contributed by atoms with Gasteiger partial charge in [-0.1, -0.05) is 26.0 Å². The molecule has 15 N–H and O–H groups in total. The molecule has 0 aliphatic carbocycles. The Bertz CT molecular complexity index is 1510. The van der Waals surface area contributed by atoms with Crippen molar-refractivity contribution in [2.45, 2.75) is 101 Å². The summed E-state index contributed by atoms with van der Waals surface area (Å²) in [5.41, 5.74) is 22.3. The van der Waals surface area contributed by atoms with Crippen molar-refractivity contribution < 1.29 is 43.1 Å². The van der Waals surface area contributed by atoms with E-state index in [0.29, 0.717) is 12.0 Å². The van der Waals surface area contributed by atoms with Gasteiger partial charge < -0.3 is 59.9 Å². The van der Waals surface area contributed by atoms with Crippen molar-refractivity contribution in [3.8, 4) is 0 Å². The molecule has 0 radical (unpaired) electrons. The van der Waals surface area contributed by atoms with Gasteiger partial charge in [-0.05, 0) is 62.1 Å². The third kappa shape index (κ3) is 16.1. The maximum atomic E-state index is 14.0. The van der Waals surface area contributed by atoms with Gasteiger partial charge in [-0.3, -0.25) is 38.6 Å². The summed E-state index contributed by atoms with van der Waals surface area (Å²) in [6.07, 6.45) is 0.215. The number of rotatable bonds is 14. The number of amides is 7. The van der Waals surface area contributed by atoms with Crippen molar-refractivity contribution in [3.05, 3.63) is 35.6 Å². The van der Waals surface area contributed by atoms with Gasteiger partial charge in [0.1, 0.15) is 42.1 Å². The van der Waals surface area contributed by atoms with E-state index in [4.69, 9.17) is 22.9 Å². The molecule has 1 saturated heterocycles. The Morgan fingerprint density at radius 2 is 1.67 bits per heavy atom. The molecule has 2 rings (SSSR count). The van der Waals surface area contributed by atoms with E-state index in [0.717, 1.165) is 0 Å². The van der Waals surface area contributed by atoms with Crippen LogP contribution in [0.5, 0.6) is 0 Å². The second kappa shape index (κ2) is 22.6. The van der Waals surface area contributed by atoms with Crippen molar-refractivity contribution in [2.75, 3.05) is 19.7 Å². The summed E-state index contributed by atoms with van der Waals surface area (Å²) in [6.45, 7) is 3.09. The van der Waals surface area contributed by atoms with Gasteiger partial charge in [0, 0.05) is 19.5 Å². The molecule has 54 heavy (non-hydrogen) atoms. The fraction of sp³-hybridized carbons (Fsp3) is 0.588. The maximum Gasteiger partial charge on any atom is 0.243 e. The second-order valence-corrected chi connectivity index (χ2v) is 13.5. The van der Waals surface area contributed by atoms with Crippen molar-refractivity contribution in [1.82, 2.24) is 31.9 Å². The monoisotopic (exact) mass is 763 g/mol. The molecule has 0 saturated carbocycles. The number of benzene rings is 1. The molecular weight excluding hydrogens is 709 g/mol. The number of nitrogens with zero attached hydrogens (tertiary/aromatic N) is 1. The highest BCUT2D eigenvalue weighted by Crippen LogP contribution is 2.12. The standard InChI is InChI=1S/C34H54FN11O8/c1-18(2)13-25-32(53)43-23(10-6-12-41-34(38)39)30(51)44-24(28(37)49)16-27(48)40-11-4-3-9-22(31(52)46-25)42-33(54)26(45-29(50)21(36)17-47)15-19-7-5-8-20(35)14-19/h5,7-8,14,18,21-26,47H,3-4,6,9-13,15-17,36H2,1-2H3,(H2,37,49)(H,40,48)(H,42,54)(H,43,53)(H,44,51)(H,45,50)(H,46,52)(H4,38,39,41)/t21-,22-,23-,24-,25-,26-/m0/s1. The summed E-state index contributed by atoms with van der Waals surface area (Å²) in [5, 5.41) is 24.8. The summed E-state index contributed by atoms with van der Waals surface area (Å²) in [7, 11) is 0. The first-order chi connectivity index (χ1) is 25.5. The first-order valence-electron chi connectivity index (χ1n) is 17.7. The van der Waals surface area contributed by atoms with Crippen LogP contribution in [0.15, 0.2) is 29.3 Å². The third-order valence-electron chi connectivity index (χ3n) is 8.34. The number of halogens is 1. The molecule has 20 heteroatoms. The number of aliphatic hydroxyl groups is 1. The highest BCUT2D eigenvalue weighted by Gasteiger charge is 2.33.